The van der Waals surface area contributed by atoms with E-state index in [0.717, 1.165) is 11.4 Å². The number of aromatic nitrogens is 1. The monoisotopic (exact) mass is 290 g/mol. The van der Waals surface area contributed by atoms with Crippen molar-refractivity contribution in [2.24, 2.45) is 0 Å². The Bertz CT molecular complexity index is 554. The summed E-state index contributed by atoms with van der Waals surface area (Å²) in [6.07, 6.45) is 1.79. The molecule has 1 aliphatic rings. The average Bonchev–Trinajstić information content (AvgIpc) is 2.59. The highest BCUT2D eigenvalue weighted by atomic mass is 16.7. The lowest BCUT2D eigenvalue weighted by Crippen LogP contribution is -2.41. The zero-order chi connectivity index (χ0) is 15.8. The molecule has 2 rings (SSSR count). The van der Waals surface area contributed by atoms with Gasteiger partial charge in [0.15, 0.2) is 0 Å². The van der Waals surface area contributed by atoms with Crippen LogP contribution in [0.4, 0.5) is 5.69 Å². The molecule has 1 fully saturated rings. The Morgan fingerprint density at radius 2 is 1.86 bits per heavy atom. The molecule has 0 radical (unpaired) electrons. The SMILES string of the molecule is Cc1nc(C=C(CO)B2OC(C)(C)C(C)(C)O2)ccc1N. The van der Waals surface area contributed by atoms with Crippen molar-refractivity contribution in [2.75, 3.05) is 12.3 Å². The van der Waals surface area contributed by atoms with Gasteiger partial charge in [-0.05, 0) is 58.3 Å². The minimum absolute atomic E-state index is 0.151. The Hall–Kier alpha value is -1.37. The van der Waals surface area contributed by atoms with Crippen molar-refractivity contribution in [3.05, 3.63) is 29.0 Å². The molecule has 0 atom stereocenters. The van der Waals surface area contributed by atoms with Gasteiger partial charge >= 0.3 is 7.12 Å². The number of hydrogen-bond donors (Lipinski definition) is 2. The molecule has 0 amide bonds. The van der Waals surface area contributed by atoms with E-state index >= 15 is 0 Å². The maximum Gasteiger partial charge on any atom is 0.492 e. The highest BCUT2D eigenvalue weighted by Gasteiger charge is 2.52. The third kappa shape index (κ3) is 3.12. The van der Waals surface area contributed by atoms with Gasteiger partial charge in [0.1, 0.15) is 0 Å². The van der Waals surface area contributed by atoms with Crippen LogP contribution < -0.4 is 5.73 Å². The van der Waals surface area contributed by atoms with E-state index in [1.807, 2.05) is 40.7 Å². The van der Waals surface area contributed by atoms with Crippen molar-refractivity contribution >= 4 is 18.9 Å². The van der Waals surface area contributed by atoms with E-state index in [4.69, 9.17) is 15.0 Å². The van der Waals surface area contributed by atoms with Crippen LogP contribution in [0, 0.1) is 6.92 Å². The highest BCUT2D eigenvalue weighted by Crippen LogP contribution is 2.38. The molecule has 1 aromatic heterocycles. The lowest BCUT2D eigenvalue weighted by atomic mass is 9.78. The number of hydrogen-bond acceptors (Lipinski definition) is 5. The topological polar surface area (TPSA) is 77.6 Å². The number of aliphatic hydroxyl groups excluding tert-OH is 1. The van der Waals surface area contributed by atoms with E-state index < -0.39 is 18.3 Å². The second-order valence-electron chi connectivity index (χ2n) is 6.38. The molecule has 5 nitrogen and oxygen atoms in total. The molecule has 1 aliphatic heterocycles. The number of anilines is 1. The molecule has 0 bridgehead atoms. The fourth-order valence-corrected chi connectivity index (χ4v) is 2.04. The van der Waals surface area contributed by atoms with E-state index in [2.05, 4.69) is 4.98 Å². The fourth-order valence-electron chi connectivity index (χ4n) is 2.04. The summed E-state index contributed by atoms with van der Waals surface area (Å²) in [4.78, 5) is 4.38. The van der Waals surface area contributed by atoms with Crippen LogP contribution >= 0.6 is 0 Å². The average molecular weight is 290 g/mol. The van der Waals surface area contributed by atoms with E-state index in [-0.39, 0.29) is 6.61 Å². The molecule has 1 aromatic rings. The van der Waals surface area contributed by atoms with Crippen LogP contribution in [0.3, 0.4) is 0 Å². The highest BCUT2D eigenvalue weighted by molar-refractivity contribution is 6.55. The van der Waals surface area contributed by atoms with Crippen LogP contribution in [0.1, 0.15) is 39.1 Å². The Morgan fingerprint density at radius 1 is 1.29 bits per heavy atom. The first-order valence-electron chi connectivity index (χ1n) is 7.06. The number of nitrogens with zero attached hydrogens (tertiary/aromatic N) is 1. The van der Waals surface area contributed by atoms with Crippen LogP contribution in [-0.2, 0) is 9.31 Å². The van der Waals surface area contributed by atoms with E-state index in [0.29, 0.717) is 11.2 Å². The summed E-state index contributed by atoms with van der Waals surface area (Å²) in [5, 5.41) is 9.63. The van der Waals surface area contributed by atoms with Gasteiger partial charge in [0.05, 0.1) is 34.9 Å². The third-order valence-corrected chi connectivity index (χ3v) is 4.22. The Balaban J connectivity index is 2.28. The minimum Gasteiger partial charge on any atom is -0.400 e. The summed E-state index contributed by atoms with van der Waals surface area (Å²) in [5.41, 5.74) is 7.67. The fraction of sp³-hybridized carbons (Fsp3) is 0.533. The zero-order valence-corrected chi connectivity index (χ0v) is 13.3. The molecule has 0 saturated carbocycles. The number of aryl methyl sites for hydroxylation is 1. The molecule has 0 aromatic carbocycles. The van der Waals surface area contributed by atoms with Crippen LogP contribution in [-0.4, -0.2) is 35.0 Å². The first kappa shape index (κ1) is 16.0. The molecule has 0 unspecified atom stereocenters. The molecule has 114 valence electrons. The first-order chi connectivity index (χ1) is 9.66. The van der Waals surface area contributed by atoms with Gasteiger partial charge in [-0.3, -0.25) is 4.98 Å². The zero-order valence-electron chi connectivity index (χ0n) is 13.3. The molecule has 3 N–H and O–H groups in total. The number of nitrogens with two attached hydrogens (primary N) is 1. The maximum absolute atomic E-state index is 9.63. The summed E-state index contributed by atoms with van der Waals surface area (Å²) >= 11 is 0. The molecule has 1 saturated heterocycles. The second-order valence-corrected chi connectivity index (χ2v) is 6.38. The molecule has 21 heavy (non-hydrogen) atoms. The van der Waals surface area contributed by atoms with Crippen molar-refractivity contribution in [1.82, 2.24) is 4.98 Å². The van der Waals surface area contributed by atoms with Crippen molar-refractivity contribution in [1.29, 1.82) is 0 Å². The maximum atomic E-state index is 9.63. The van der Waals surface area contributed by atoms with E-state index in [1.165, 1.54) is 0 Å². The summed E-state index contributed by atoms with van der Waals surface area (Å²) in [7, 11) is -0.570. The van der Waals surface area contributed by atoms with Crippen LogP contribution in [0.5, 0.6) is 0 Å². The predicted octanol–water partition coefficient (Wildman–Crippen LogP) is 1.98. The normalized spacial score (nSPS) is 20.9. The molecule has 0 spiro atoms. The predicted molar refractivity (Wildman–Crippen MR) is 84.5 cm³/mol. The van der Waals surface area contributed by atoms with Gasteiger partial charge in [-0.15, -0.1) is 0 Å². The van der Waals surface area contributed by atoms with Crippen molar-refractivity contribution in [3.63, 3.8) is 0 Å². The number of nitrogen functional groups attached to an aromatic ring is 1. The molecule has 6 heteroatoms. The van der Waals surface area contributed by atoms with Gasteiger partial charge in [-0.1, -0.05) is 0 Å². The van der Waals surface area contributed by atoms with Gasteiger partial charge < -0.3 is 20.1 Å². The lowest BCUT2D eigenvalue weighted by molar-refractivity contribution is 0.00578. The van der Waals surface area contributed by atoms with Gasteiger partial charge in [-0.25, -0.2) is 0 Å². The van der Waals surface area contributed by atoms with Gasteiger partial charge in [0, 0.05) is 0 Å². The van der Waals surface area contributed by atoms with Crippen LogP contribution in [0.2, 0.25) is 0 Å². The smallest absolute Gasteiger partial charge is 0.400 e. The number of rotatable bonds is 3. The summed E-state index contributed by atoms with van der Waals surface area (Å²) in [5.74, 6) is 0. The minimum atomic E-state index is -0.570. The van der Waals surface area contributed by atoms with Crippen LogP contribution in [0.15, 0.2) is 17.6 Å². The second kappa shape index (κ2) is 5.44. The van der Waals surface area contributed by atoms with Gasteiger partial charge in [0.25, 0.3) is 0 Å². The summed E-state index contributed by atoms with van der Waals surface area (Å²) in [6.45, 7) is 9.62. The van der Waals surface area contributed by atoms with Gasteiger partial charge in [0.2, 0.25) is 0 Å². The van der Waals surface area contributed by atoms with E-state index in [9.17, 15) is 5.11 Å². The molecule has 2 heterocycles. The van der Waals surface area contributed by atoms with Crippen molar-refractivity contribution in [3.8, 4) is 0 Å². The summed E-state index contributed by atoms with van der Waals surface area (Å²) < 4.78 is 11.9. The molecular weight excluding hydrogens is 267 g/mol. The number of aliphatic hydroxyl groups is 1. The Morgan fingerprint density at radius 3 is 2.33 bits per heavy atom. The summed E-state index contributed by atoms with van der Waals surface area (Å²) in [6, 6.07) is 3.61. The lowest BCUT2D eigenvalue weighted by Gasteiger charge is -2.32. The quantitative estimate of drug-likeness (QED) is 0.832. The largest absolute Gasteiger partial charge is 0.492 e. The third-order valence-electron chi connectivity index (χ3n) is 4.22. The van der Waals surface area contributed by atoms with Gasteiger partial charge in [-0.2, -0.15) is 0 Å². The molecular formula is C15H23BN2O3. The number of pyridine rings is 1. The van der Waals surface area contributed by atoms with Crippen LogP contribution in [0.25, 0.3) is 6.08 Å². The van der Waals surface area contributed by atoms with Crippen molar-refractivity contribution in [2.45, 2.75) is 45.8 Å². The van der Waals surface area contributed by atoms with Crippen molar-refractivity contribution < 1.29 is 14.4 Å². The Kier molecular flexibility index (Phi) is 4.15. The first-order valence-corrected chi connectivity index (χ1v) is 7.06. The van der Waals surface area contributed by atoms with E-state index in [1.54, 1.807) is 12.1 Å². The molecule has 0 aliphatic carbocycles. The Labute approximate surface area is 126 Å². The standard InChI is InChI=1S/C15H23BN2O3/c1-10-13(17)7-6-12(18-10)8-11(9-19)16-20-14(2,3)15(4,5)21-16/h6-8,19H,9,17H2,1-5H3.